The fourth-order valence-corrected chi connectivity index (χ4v) is 3.76. The highest BCUT2D eigenvalue weighted by Crippen LogP contribution is 2.28. The molecule has 0 saturated carbocycles. The first-order valence-electron chi connectivity index (χ1n) is 9.81. The summed E-state index contributed by atoms with van der Waals surface area (Å²) in [4.78, 5) is 24.2. The monoisotopic (exact) mass is 439 g/mol. The molecular formula is C22H25N5O3S. The van der Waals surface area contributed by atoms with Crippen molar-refractivity contribution >= 4 is 23.7 Å². The van der Waals surface area contributed by atoms with Crippen LogP contribution in [-0.4, -0.2) is 39.6 Å². The van der Waals surface area contributed by atoms with Gasteiger partial charge in [0.1, 0.15) is 5.75 Å². The lowest BCUT2D eigenvalue weighted by Crippen LogP contribution is -2.40. The topological polar surface area (TPSA) is 98.1 Å². The van der Waals surface area contributed by atoms with Crippen molar-refractivity contribution in [3.05, 3.63) is 60.2 Å². The molecule has 2 aromatic carbocycles. The molecular weight excluding hydrogens is 414 g/mol. The molecule has 0 spiro atoms. The summed E-state index contributed by atoms with van der Waals surface area (Å²) in [6.07, 6.45) is 0. The van der Waals surface area contributed by atoms with Gasteiger partial charge < -0.3 is 10.1 Å². The number of nitrogens with one attached hydrogen (secondary N) is 2. The van der Waals surface area contributed by atoms with Crippen molar-refractivity contribution < 1.29 is 14.3 Å². The van der Waals surface area contributed by atoms with Crippen LogP contribution in [0.1, 0.15) is 25.5 Å². The zero-order chi connectivity index (χ0) is 22.2. The Hall–Kier alpha value is -3.33. The van der Waals surface area contributed by atoms with Crippen molar-refractivity contribution in [2.24, 2.45) is 0 Å². The maximum atomic E-state index is 12.2. The summed E-state index contributed by atoms with van der Waals surface area (Å²) in [5.74, 6) is 1.11. The number of ether oxygens (including phenoxy) is 1. The maximum absolute atomic E-state index is 12.2. The summed E-state index contributed by atoms with van der Waals surface area (Å²) in [7, 11) is 1.62. The number of imide groups is 1. The lowest BCUT2D eigenvalue weighted by atomic mass is 10.2. The average molecular weight is 440 g/mol. The molecule has 0 fully saturated rings. The Bertz CT molecular complexity index is 1020. The number of rotatable bonds is 8. The molecule has 0 bridgehead atoms. The second-order valence-electron chi connectivity index (χ2n) is 7.00. The van der Waals surface area contributed by atoms with E-state index in [2.05, 4.69) is 20.8 Å². The number of benzene rings is 2. The van der Waals surface area contributed by atoms with Crippen LogP contribution in [0.4, 0.5) is 4.79 Å². The molecule has 0 radical (unpaired) electrons. The van der Waals surface area contributed by atoms with Crippen LogP contribution in [0, 0.1) is 0 Å². The number of carbonyl (C=O) groups excluding carboxylic acids is 2. The van der Waals surface area contributed by atoms with Gasteiger partial charge >= 0.3 is 6.03 Å². The van der Waals surface area contributed by atoms with Gasteiger partial charge in [0.25, 0.3) is 0 Å². The van der Waals surface area contributed by atoms with Crippen LogP contribution in [0.5, 0.6) is 5.75 Å². The molecule has 0 atom stereocenters. The zero-order valence-corrected chi connectivity index (χ0v) is 18.5. The van der Waals surface area contributed by atoms with Crippen molar-refractivity contribution in [1.29, 1.82) is 0 Å². The van der Waals surface area contributed by atoms with Crippen molar-refractivity contribution in [3.8, 4) is 17.1 Å². The number of aromatic nitrogens is 3. The first-order valence-corrected chi connectivity index (χ1v) is 10.8. The van der Waals surface area contributed by atoms with Gasteiger partial charge in [-0.3, -0.25) is 14.7 Å². The van der Waals surface area contributed by atoms with Gasteiger partial charge in [0.15, 0.2) is 11.0 Å². The van der Waals surface area contributed by atoms with Gasteiger partial charge in [0.2, 0.25) is 5.91 Å². The molecule has 3 aromatic rings. The molecule has 0 aliphatic carbocycles. The summed E-state index contributed by atoms with van der Waals surface area (Å²) in [6, 6.07) is 16.6. The first-order chi connectivity index (χ1) is 15.0. The number of hydrogen-bond acceptors (Lipinski definition) is 6. The maximum Gasteiger partial charge on any atom is 0.321 e. The number of nitrogens with zero attached hydrogens (tertiary/aromatic N) is 3. The third-order valence-electron chi connectivity index (χ3n) is 4.41. The fraction of sp³-hybridized carbons (Fsp3) is 0.273. The molecule has 1 heterocycles. The number of hydrogen-bond donors (Lipinski definition) is 2. The van der Waals surface area contributed by atoms with E-state index in [4.69, 9.17) is 4.74 Å². The number of thioether (sulfide) groups is 1. The third-order valence-corrected chi connectivity index (χ3v) is 5.35. The summed E-state index contributed by atoms with van der Waals surface area (Å²) < 4.78 is 7.17. The van der Waals surface area contributed by atoms with Gasteiger partial charge in [-0.15, -0.1) is 10.2 Å². The van der Waals surface area contributed by atoms with E-state index in [1.54, 1.807) is 7.11 Å². The highest BCUT2D eigenvalue weighted by Gasteiger charge is 2.18. The van der Waals surface area contributed by atoms with E-state index in [-0.39, 0.29) is 11.8 Å². The summed E-state index contributed by atoms with van der Waals surface area (Å²) >= 11 is 1.24. The number of carbonyl (C=O) groups is 2. The van der Waals surface area contributed by atoms with E-state index < -0.39 is 11.9 Å². The molecule has 0 unspecified atom stereocenters. The van der Waals surface area contributed by atoms with Gasteiger partial charge in [-0.25, -0.2) is 4.79 Å². The largest absolute Gasteiger partial charge is 0.497 e. The van der Waals surface area contributed by atoms with Gasteiger partial charge in [0.05, 0.1) is 12.9 Å². The molecule has 0 saturated heterocycles. The quantitative estimate of drug-likeness (QED) is 0.520. The Morgan fingerprint density at radius 2 is 1.77 bits per heavy atom. The van der Waals surface area contributed by atoms with Gasteiger partial charge in [-0.2, -0.15) is 0 Å². The van der Waals surface area contributed by atoms with Crippen LogP contribution in [-0.2, 0) is 11.3 Å². The molecule has 8 nitrogen and oxygen atoms in total. The molecule has 0 aliphatic rings. The van der Waals surface area contributed by atoms with Crippen molar-refractivity contribution in [3.63, 3.8) is 0 Å². The minimum Gasteiger partial charge on any atom is -0.497 e. The first kappa shape index (κ1) is 22.4. The molecule has 3 rings (SSSR count). The summed E-state index contributed by atoms with van der Waals surface area (Å²) in [5.41, 5.74) is 1.86. The van der Waals surface area contributed by atoms with Crippen LogP contribution in [0.15, 0.2) is 59.8 Å². The Labute approximate surface area is 185 Å². The lowest BCUT2D eigenvalue weighted by Gasteiger charge is -2.14. The van der Waals surface area contributed by atoms with Crippen molar-refractivity contribution in [2.45, 2.75) is 31.6 Å². The van der Waals surface area contributed by atoms with Crippen LogP contribution in [0.3, 0.4) is 0 Å². The molecule has 9 heteroatoms. The Balaban J connectivity index is 1.58. The van der Waals surface area contributed by atoms with Gasteiger partial charge in [-0.1, -0.05) is 42.1 Å². The number of amides is 3. The van der Waals surface area contributed by atoms with E-state index in [0.29, 0.717) is 17.5 Å². The number of methoxy groups -OCH3 is 1. The van der Waals surface area contributed by atoms with Crippen LogP contribution in [0.25, 0.3) is 11.4 Å². The normalized spacial score (nSPS) is 10.7. The van der Waals surface area contributed by atoms with Crippen molar-refractivity contribution in [1.82, 2.24) is 25.4 Å². The van der Waals surface area contributed by atoms with Gasteiger partial charge in [0, 0.05) is 18.2 Å². The molecule has 0 aliphatic heterocycles. The van der Waals surface area contributed by atoms with Crippen LogP contribution in [0.2, 0.25) is 0 Å². The molecule has 31 heavy (non-hydrogen) atoms. The van der Waals surface area contributed by atoms with Crippen LogP contribution >= 0.6 is 11.8 Å². The minimum atomic E-state index is -0.529. The third kappa shape index (κ3) is 6.08. The summed E-state index contributed by atoms with van der Waals surface area (Å²) in [5, 5.41) is 14.2. The van der Waals surface area contributed by atoms with E-state index in [0.717, 1.165) is 16.9 Å². The zero-order valence-electron chi connectivity index (χ0n) is 17.7. The smallest absolute Gasteiger partial charge is 0.321 e. The Kier molecular flexibility index (Phi) is 7.66. The predicted octanol–water partition coefficient (Wildman–Crippen LogP) is 3.65. The fourth-order valence-electron chi connectivity index (χ4n) is 2.89. The van der Waals surface area contributed by atoms with E-state index in [1.165, 1.54) is 11.8 Å². The van der Waals surface area contributed by atoms with E-state index in [9.17, 15) is 9.59 Å². The minimum absolute atomic E-state index is 0.0478. The lowest BCUT2D eigenvalue weighted by molar-refractivity contribution is -0.117. The molecule has 1 aromatic heterocycles. The molecule has 162 valence electrons. The standard InChI is InChI=1S/C22H25N5O3S/c1-15(2)27-20(17-9-11-18(30-3)12-10-17)25-26-22(27)31-14-19(28)24-21(29)23-13-16-7-5-4-6-8-16/h4-12,15H,13-14H2,1-3H3,(H2,23,24,28,29). The highest BCUT2D eigenvalue weighted by atomic mass is 32.2. The van der Waals surface area contributed by atoms with Crippen molar-refractivity contribution in [2.75, 3.05) is 12.9 Å². The Morgan fingerprint density at radius 3 is 2.42 bits per heavy atom. The average Bonchev–Trinajstić information content (AvgIpc) is 3.21. The van der Waals surface area contributed by atoms with E-state index in [1.807, 2.05) is 73.0 Å². The molecule has 3 amide bonds. The SMILES string of the molecule is COc1ccc(-c2nnc(SCC(=O)NC(=O)NCc3ccccc3)n2C(C)C)cc1. The number of urea groups is 1. The van der Waals surface area contributed by atoms with Gasteiger partial charge in [-0.05, 0) is 43.7 Å². The van der Waals surface area contributed by atoms with Crippen LogP contribution < -0.4 is 15.4 Å². The second kappa shape index (κ2) is 10.6. The Morgan fingerprint density at radius 1 is 1.06 bits per heavy atom. The second-order valence-corrected chi connectivity index (χ2v) is 7.95. The van der Waals surface area contributed by atoms with E-state index >= 15 is 0 Å². The summed E-state index contributed by atoms with van der Waals surface area (Å²) in [6.45, 7) is 4.40. The highest BCUT2D eigenvalue weighted by molar-refractivity contribution is 7.99. The predicted molar refractivity (Wildman–Crippen MR) is 120 cm³/mol. The molecule has 2 N–H and O–H groups in total.